The van der Waals surface area contributed by atoms with Gasteiger partial charge in [-0.25, -0.2) is 0 Å². The number of hydrogen-bond donors (Lipinski definition) is 1. The first-order chi connectivity index (χ1) is 7.54. The summed E-state index contributed by atoms with van der Waals surface area (Å²) in [6.07, 6.45) is 1.68. The molecule has 0 radical (unpaired) electrons. The number of rotatable bonds is 5. The molecule has 0 unspecified atom stereocenters. The lowest BCUT2D eigenvalue weighted by Gasteiger charge is -2.12. The molecular weight excluding hydrogens is 218 g/mol. The van der Waals surface area contributed by atoms with Gasteiger partial charge in [0.2, 0.25) is 0 Å². The van der Waals surface area contributed by atoms with Crippen LogP contribution < -0.4 is 10.5 Å². The second-order valence-corrected chi connectivity index (χ2v) is 4.46. The van der Waals surface area contributed by atoms with E-state index in [0.29, 0.717) is 11.6 Å². The molecular formula is C13H19NOS. The monoisotopic (exact) mass is 237 g/mol. The number of thiocarbonyl (C=S) groups is 1. The quantitative estimate of drug-likeness (QED) is 0.800. The molecule has 3 heteroatoms. The molecule has 0 amide bonds. The minimum atomic E-state index is 0.577. The summed E-state index contributed by atoms with van der Waals surface area (Å²) in [5.74, 6) is 0.941. The Kier molecular flexibility index (Phi) is 4.74. The van der Waals surface area contributed by atoms with Gasteiger partial charge in [-0.2, -0.15) is 0 Å². The largest absolute Gasteiger partial charge is 0.494 e. The number of nitrogens with two attached hydrogens (primary N) is 1. The number of hydrogen-bond acceptors (Lipinski definition) is 2. The highest BCUT2D eigenvalue weighted by atomic mass is 32.1. The van der Waals surface area contributed by atoms with E-state index in [1.54, 1.807) is 0 Å². The summed E-state index contributed by atoms with van der Waals surface area (Å²) in [4.78, 5) is 0.577. The van der Waals surface area contributed by atoms with E-state index in [1.165, 1.54) is 16.7 Å². The molecule has 0 aliphatic rings. The first kappa shape index (κ1) is 13.0. The Labute approximate surface area is 103 Å². The Bertz CT molecular complexity index is 365. The van der Waals surface area contributed by atoms with Crippen molar-refractivity contribution in [1.82, 2.24) is 0 Å². The van der Waals surface area contributed by atoms with E-state index in [1.807, 2.05) is 6.92 Å². The van der Waals surface area contributed by atoms with Crippen LogP contribution in [0.4, 0.5) is 0 Å². The standard InChI is InChI=1S/C13H19NOS/c1-4-15-11-7-9(2)12(10(3)8-11)5-6-13(14)16/h7-8H,4-6H2,1-3H3,(H2,14,16). The summed E-state index contributed by atoms with van der Waals surface area (Å²) in [5.41, 5.74) is 9.35. The lowest BCUT2D eigenvalue weighted by molar-refractivity contribution is 0.339. The zero-order chi connectivity index (χ0) is 12.1. The molecule has 0 saturated carbocycles. The molecule has 0 fully saturated rings. The fraction of sp³-hybridized carbons (Fsp3) is 0.462. The first-order valence-electron chi connectivity index (χ1n) is 5.55. The molecule has 0 saturated heterocycles. The van der Waals surface area contributed by atoms with Crippen molar-refractivity contribution < 1.29 is 4.74 Å². The average molecular weight is 237 g/mol. The summed E-state index contributed by atoms with van der Waals surface area (Å²) >= 11 is 4.90. The Balaban J connectivity index is 2.89. The highest BCUT2D eigenvalue weighted by Crippen LogP contribution is 2.23. The van der Waals surface area contributed by atoms with Crippen LogP contribution in [0.3, 0.4) is 0 Å². The normalized spacial score (nSPS) is 10.2. The average Bonchev–Trinajstić information content (AvgIpc) is 2.16. The lowest BCUT2D eigenvalue weighted by atomic mass is 9.98. The predicted molar refractivity (Wildman–Crippen MR) is 72.2 cm³/mol. The SMILES string of the molecule is CCOc1cc(C)c(CCC(N)=S)c(C)c1. The Morgan fingerprint density at radius 3 is 2.31 bits per heavy atom. The highest BCUT2D eigenvalue weighted by Gasteiger charge is 2.06. The molecule has 1 aromatic rings. The van der Waals surface area contributed by atoms with E-state index in [-0.39, 0.29) is 0 Å². The summed E-state index contributed by atoms with van der Waals surface area (Å²) < 4.78 is 5.50. The van der Waals surface area contributed by atoms with Crippen LogP contribution in [0.1, 0.15) is 30.0 Å². The fourth-order valence-electron chi connectivity index (χ4n) is 1.85. The molecule has 0 spiro atoms. The van der Waals surface area contributed by atoms with Gasteiger partial charge in [-0.05, 0) is 56.0 Å². The molecule has 2 nitrogen and oxygen atoms in total. The smallest absolute Gasteiger partial charge is 0.119 e. The van der Waals surface area contributed by atoms with Crippen molar-refractivity contribution in [2.24, 2.45) is 5.73 Å². The Morgan fingerprint density at radius 2 is 1.88 bits per heavy atom. The van der Waals surface area contributed by atoms with Crippen molar-refractivity contribution in [3.8, 4) is 5.75 Å². The van der Waals surface area contributed by atoms with Gasteiger partial charge in [-0.3, -0.25) is 0 Å². The Hall–Kier alpha value is -1.09. The number of aryl methyl sites for hydroxylation is 2. The van der Waals surface area contributed by atoms with Crippen LogP contribution in [0.15, 0.2) is 12.1 Å². The zero-order valence-corrected chi connectivity index (χ0v) is 11.0. The van der Waals surface area contributed by atoms with Gasteiger partial charge in [-0.15, -0.1) is 0 Å². The number of benzene rings is 1. The minimum absolute atomic E-state index is 0.577. The van der Waals surface area contributed by atoms with E-state index >= 15 is 0 Å². The van der Waals surface area contributed by atoms with E-state index < -0.39 is 0 Å². The Morgan fingerprint density at radius 1 is 1.31 bits per heavy atom. The van der Waals surface area contributed by atoms with Crippen LogP contribution in [-0.4, -0.2) is 11.6 Å². The number of ether oxygens (including phenoxy) is 1. The molecule has 1 aromatic carbocycles. The molecule has 0 bridgehead atoms. The second kappa shape index (κ2) is 5.85. The molecule has 0 heterocycles. The zero-order valence-electron chi connectivity index (χ0n) is 10.2. The van der Waals surface area contributed by atoms with E-state index in [2.05, 4.69) is 26.0 Å². The molecule has 0 atom stereocenters. The van der Waals surface area contributed by atoms with Gasteiger partial charge in [0.25, 0.3) is 0 Å². The molecule has 0 aliphatic carbocycles. The summed E-state index contributed by atoms with van der Waals surface area (Å²) in [6, 6.07) is 4.15. The summed E-state index contributed by atoms with van der Waals surface area (Å²) in [5, 5.41) is 0. The second-order valence-electron chi connectivity index (χ2n) is 3.93. The fourth-order valence-corrected chi connectivity index (χ4v) is 1.95. The minimum Gasteiger partial charge on any atom is -0.494 e. The molecule has 88 valence electrons. The third kappa shape index (κ3) is 3.49. The van der Waals surface area contributed by atoms with Gasteiger partial charge in [0.15, 0.2) is 0 Å². The summed E-state index contributed by atoms with van der Waals surface area (Å²) in [7, 11) is 0. The summed E-state index contributed by atoms with van der Waals surface area (Å²) in [6.45, 7) is 6.89. The van der Waals surface area contributed by atoms with Crippen molar-refractivity contribution in [3.05, 3.63) is 28.8 Å². The maximum atomic E-state index is 5.52. The van der Waals surface area contributed by atoms with Crippen molar-refractivity contribution in [3.63, 3.8) is 0 Å². The van der Waals surface area contributed by atoms with Crippen molar-refractivity contribution in [2.75, 3.05) is 6.61 Å². The highest BCUT2D eigenvalue weighted by molar-refractivity contribution is 7.80. The molecule has 2 N–H and O–H groups in total. The first-order valence-corrected chi connectivity index (χ1v) is 5.96. The maximum Gasteiger partial charge on any atom is 0.119 e. The van der Waals surface area contributed by atoms with Crippen LogP contribution >= 0.6 is 12.2 Å². The molecule has 16 heavy (non-hydrogen) atoms. The van der Waals surface area contributed by atoms with Crippen LogP contribution in [0.25, 0.3) is 0 Å². The molecule has 0 aliphatic heterocycles. The van der Waals surface area contributed by atoms with Crippen LogP contribution in [0.5, 0.6) is 5.75 Å². The van der Waals surface area contributed by atoms with Crippen LogP contribution in [-0.2, 0) is 6.42 Å². The third-order valence-corrected chi connectivity index (χ3v) is 2.81. The topological polar surface area (TPSA) is 35.2 Å². The third-order valence-electron chi connectivity index (χ3n) is 2.60. The van der Waals surface area contributed by atoms with Crippen LogP contribution in [0.2, 0.25) is 0 Å². The van der Waals surface area contributed by atoms with Gasteiger partial charge in [0.05, 0.1) is 11.6 Å². The van der Waals surface area contributed by atoms with E-state index in [9.17, 15) is 0 Å². The van der Waals surface area contributed by atoms with E-state index in [0.717, 1.165) is 18.6 Å². The van der Waals surface area contributed by atoms with Crippen molar-refractivity contribution in [2.45, 2.75) is 33.6 Å². The maximum absolute atomic E-state index is 5.52. The molecule has 1 rings (SSSR count). The lowest BCUT2D eigenvalue weighted by Crippen LogP contribution is -2.09. The van der Waals surface area contributed by atoms with Gasteiger partial charge in [0.1, 0.15) is 5.75 Å². The van der Waals surface area contributed by atoms with Gasteiger partial charge in [0, 0.05) is 6.42 Å². The van der Waals surface area contributed by atoms with Gasteiger partial charge < -0.3 is 10.5 Å². The van der Waals surface area contributed by atoms with E-state index in [4.69, 9.17) is 22.7 Å². The van der Waals surface area contributed by atoms with Crippen molar-refractivity contribution >= 4 is 17.2 Å². The van der Waals surface area contributed by atoms with Crippen molar-refractivity contribution in [1.29, 1.82) is 0 Å². The van der Waals surface area contributed by atoms with Gasteiger partial charge in [-0.1, -0.05) is 12.2 Å². The van der Waals surface area contributed by atoms with Gasteiger partial charge >= 0.3 is 0 Å². The predicted octanol–water partition coefficient (Wildman–Crippen LogP) is 2.92. The molecule has 0 aromatic heterocycles. The van der Waals surface area contributed by atoms with Crippen LogP contribution in [0, 0.1) is 13.8 Å².